The lowest BCUT2D eigenvalue weighted by atomic mass is 10.0. The molecule has 1 aromatic rings. The minimum absolute atomic E-state index is 0.0653. The molecule has 0 saturated carbocycles. The van der Waals surface area contributed by atoms with E-state index in [2.05, 4.69) is 28.7 Å². The summed E-state index contributed by atoms with van der Waals surface area (Å²) < 4.78 is 29.0. The molecular formula is C18H25IN2O4S. The second-order valence-corrected chi connectivity index (χ2v) is 9.42. The molecule has 26 heavy (non-hydrogen) atoms. The molecule has 0 spiro atoms. The lowest BCUT2D eigenvalue weighted by molar-refractivity contribution is -0.168. The van der Waals surface area contributed by atoms with Crippen molar-refractivity contribution in [2.75, 3.05) is 20.7 Å². The fourth-order valence-electron chi connectivity index (χ4n) is 2.86. The summed E-state index contributed by atoms with van der Waals surface area (Å²) in [5, 5.41) is 1.12. The third kappa shape index (κ3) is 5.05. The number of carbonyl (C=O) groups excluding carboxylic acids is 1. The number of nitrogens with zero attached hydrogens (tertiary/aromatic N) is 2. The summed E-state index contributed by atoms with van der Waals surface area (Å²) in [7, 11) is -0.775. The minimum atomic E-state index is -3.70. The Labute approximate surface area is 169 Å². The highest BCUT2D eigenvalue weighted by molar-refractivity contribution is 14.1. The van der Waals surface area contributed by atoms with Crippen LogP contribution in [-0.4, -0.2) is 50.4 Å². The largest absolute Gasteiger partial charge is 0.275 e. The van der Waals surface area contributed by atoms with Crippen LogP contribution in [0.1, 0.15) is 31.2 Å². The molecule has 0 radical (unpaired) electrons. The van der Waals surface area contributed by atoms with Gasteiger partial charge < -0.3 is 0 Å². The van der Waals surface area contributed by atoms with E-state index in [1.54, 1.807) is 24.3 Å². The molecule has 0 N–H and O–H groups in total. The number of benzene rings is 1. The van der Waals surface area contributed by atoms with Crippen molar-refractivity contribution in [1.82, 2.24) is 9.37 Å². The molecule has 1 unspecified atom stereocenters. The molecule has 1 aliphatic carbocycles. The highest BCUT2D eigenvalue weighted by Gasteiger charge is 2.34. The molecule has 1 atom stereocenters. The fraction of sp³-hybridized carbons (Fsp3) is 0.500. The Balaban J connectivity index is 2.33. The van der Waals surface area contributed by atoms with Gasteiger partial charge in [0.1, 0.15) is 0 Å². The van der Waals surface area contributed by atoms with Crippen molar-refractivity contribution >= 4 is 38.5 Å². The topological polar surface area (TPSA) is 66.9 Å². The first kappa shape index (κ1) is 21.3. The molecule has 1 aromatic carbocycles. The van der Waals surface area contributed by atoms with Gasteiger partial charge in [-0.25, -0.2) is 13.5 Å². The molecule has 0 fully saturated rings. The molecule has 0 heterocycles. The molecule has 8 heteroatoms. The van der Waals surface area contributed by atoms with Crippen LogP contribution in [0.4, 0.5) is 0 Å². The SMILES string of the molecule is CON(C)C(=O)CCN(C1CCCC=C1I)S(=O)(=O)c1ccc(C)cc1. The average molecular weight is 492 g/mol. The van der Waals surface area contributed by atoms with Gasteiger partial charge in [-0.1, -0.05) is 23.8 Å². The summed E-state index contributed by atoms with van der Waals surface area (Å²) in [5.41, 5.74) is 1.000. The monoisotopic (exact) mass is 492 g/mol. The highest BCUT2D eigenvalue weighted by Crippen LogP contribution is 2.32. The third-order valence-corrected chi connectivity index (χ3v) is 7.57. The quantitative estimate of drug-likeness (QED) is 0.433. The zero-order valence-corrected chi connectivity index (χ0v) is 18.3. The first-order valence-electron chi connectivity index (χ1n) is 8.52. The molecule has 0 aliphatic heterocycles. The summed E-state index contributed by atoms with van der Waals surface area (Å²) in [6, 6.07) is 6.60. The number of sulfonamides is 1. The Morgan fingerprint density at radius 1 is 1.31 bits per heavy atom. The fourth-order valence-corrected chi connectivity index (χ4v) is 5.65. The van der Waals surface area contributed by atoms with E-state index in [9.17, 15) is 13.2 Å². The lowest BCUT2D eigenvalue weighted by Crippen LogP contribution is -2.43. The maximum atomic E-state index is 13.3. The second kappa shape index (κ2) is 9.29. The molecule has 0 saturated heterocycles. The van der Waals surface area contributed by atoms with E-state index in [1.165, 1.54) is 18.5 Å². The Hall–Kier alpha value is -0.970. The number of hydrogen-bond acceptors (Lipinski definition) is 4. The van der Waals surface area contributed by atoms with E-state index in [1.807, 2.05) is 6.92 Å². The minimum Gasteiger partial charge on any atom is -0.275 e. The van der Waals surface area contributed by atoms with Crippen LogP contribution < -0.4 is 0 Å². The molecule has 1 amide bonds. The molecular weight excluding hydrogens is 467 g/mol. The van der Waals surface area contributed by atoms with Crippen LogP contribution in [0.2, 0.25) is 0 Å². The van der Waals surface area contributed by atoms with Crippen molar-refractivity contribution in [3.63, 3.8) is 0 Å². The molecule has 6 nitrogen and oxygen atoms in total. The summed E-state index contributed by atoms with van der Waals surface area (Å²) in [5.74, 6) is -0.258. The number of carbonyl (C=O) groups is 1. The maximum absolute atomic E-state index is 13.3. The molecule has 0 bridgehead atoms. The van der Waals surface area contributed by atoms with Crippen LogP contribution in [0.5, 0.6) is 0 Å². The number of amides is 1. The van der Waals surface area contributed by atoms with E-state index in [-0.39, 0.29) is 29.8 Å². The molecule has 0 aromatic heterocycles. The Bertz CT molecular complexity index is 762. The van der Waals surface area contributed by atoms with Crippen molar-refractivity contribution in [2.45, 2.75) is 43.5 Å². The van der Waals surface area contributed by atoms with E-state index < -0.39 is 10.0 Å². The van der Waals surface area contributed by atoms with Crippen molar-refractivity contribution in [1.29, 1.82) is 0 Å². The van der Waals surface area contributed by atoms with Crippen LogP contribution >= 0.6 is 22.6 Å². The summed E-state index contributed by atoms with van der Waals surface area (Å²) in [6.45, 7) is 2.04. The summed E-state index contributed by atoms with van der Waals surface area (Å²) >= 11 is 2.21. The Morgan fingerprint density at radius 3 is 2.54 bits per heavy atom. The van der Waals surface area contributed by atoms with Crippen molar-refractivity contribution in [3.05, 3.63) is 39.5 Å². The normalized spacial score (nSPS) is 17.9. The first-order valence-corrected chi connectivity index (χ1v) is 11.0. The van der Waals surface area contributed by atoms with Gasteiger partial charge in [-0.05, 0) is 60.9 Å². The zero-order valence-electron chi connectivity index (χ0n) is 15.3. The first-order chi connectivity index (χ1) is 12.3. The average Bonchev–Trinajstić information content (AvgIpc) is 2.62. The van der Waals surface area contributed by atoms with Gasteiger partial charge in [-0.15, -0.1) is 0 Å². The Morgan fingerprint density at radius 2 is 1.96 bits per heavy atom. The highest BCUT2D eigenvalue weighted by atomic mass is 127. The van der Waals surface area contributed by atoms with E-state index in [0.29, 0.717) is 0 Å². The van der Waals surface area contributed by atoms with Gasteiger partial charge in [0.2, 0.25) is 15.9 Å². The van der Waals surface area contributed by atoms with Gasteiger partial charge in [-0.2, -0.15) is 4.31 Å². The predicted octanol–water partition coefficient (Wildman–Crippen LogP) is 3.27. The predicted molar refractivity (Wildman–Crippen MR) is 109 cm³/mol. The second-order valence-electron chi connectivity index (χ2n) is 6.29. The van der Waals surface area contributed by atoms with Crippen molar-refractivity contribution in [2.24, 2.45) is 0 Å². The summed E-state index contributed by atoms with van der Waals surface area (Å²) in [6.07, 6.45) is 4.79. The Kier molecular flexibility index (Phi) is 7.63. The maximum Gasteiger partial charge on any atom is 0.247 e. The van der Waals surface area contributed by atoms with Crippen LogP contribution in [0.3, 0.4) is 0 Å². The summed E-state index contributed by atoms with van der Waals surface area (Å²) in [4.78, 5) is 17.3. The third-order valence-electron chi connectivity index (χ3n) is 4.49. The number of rotatable bonds is 7. The number of halogens is 1. The van der Waals surface area contributed by atoms with Crippen LogP contribution in [0.25, 0.3) is 0 Å². The molecule has 144 valence electrons. The van der Waals surface area contributed by atoms with Crippen LogP contribution in [-0.2, 0) is 19.7 Å². The van der Waals surface area contributed by atoms with Crippen molar-refractivity contribution in [3.8, 4) is 0 Å². The number of aryl methyl sites for hydroxylation is 1. The van der Waals surface area contributed by atoms with Gasteiger partial charge in [0.05, 0.1) is 18.0 Å². The van der Waals surface area contributed by atoms with Gasteiger partial charge in [0.15, 0.2) is 0 Å². The number of hydrogen-bond donors (Lipinski definition) is 0. The van der Waals surface area contributed by atoms with Gasteiger partial charge >= 0.3 is 0 Å². The van der Waals surface area contributed by atoms with Gasteiger partial charge in [-0.3, -0.25) is 9.63 Å². The molecule has 1 aliphatic rings. The van der Waals surface area contributed by atoms with Crippen LogP contribution in [0, 0.1) is 6.92 Å². The van der Waals surface area contributed by atoms with Gasteiger partial charge in [0, 0.05) is 23.6 Å². The van der Waals surface area contributed by atoms with E-state index in [0.717, 1.165) is 33.5 Å². The molecule has 2 rings (SSSR count). The number of allylic oxidation sites excluding steroid dienone is 1. The van der Waals surface area contributed by atoms with Crippen molar-refractivity contribution < 1.29 is 18.0 Å². The van der Waals surface area contributed by atoms with Crippen LogP contribution in [0.15, 0.2) is 38.8 Å². The smallest absolute Gasteiger partial charge is 0.247 e. The number of hydroxylamine groups is 2. The lowest BCUT2D eigenvalue weighted by Gasteiger charge is -2.33. The zero-order chi connectivity index (χ0) is 19.3. The van der Waals surface area contributed by atoms with Gasteiger partial charge in [0.25, 0.3) is 0 Å². The standard InChI is InChI=1S/C18H25IN2O4S/c1-14-8-10-15(11-9-14)26(23,24)21(13-12-18(22)20(2)25-3)17-7-5-4-6-16(17)19/h6,8-11,17H,4-5,7,12-13H2,1-3H3. The van der Waals surface area contributed by atoms with E-state index in [4.69, 9.17) is 4.84 Å². The van der Waals surface area contributed by atoms with E-state index >= 15 is 0 Å².